The predicted molar refractivity (Wildman–Crippen MR) is 117 cm³/mol. The highest BCUT2D eigenvalue weighted by atomic mass is 32.2. The maximum Gasteiger partial charge on any atom is 0.240 e. The molecule has 0 spiro atoms. The SMILES string of the molecule is COc1cccc(S(=O)(=O)NC2CCC(C(=O)N[C@H](C)c3ccc(C)cc3)CC2)c1. The number of aryl methyl sites for hydroxylation is 1. The minimum atomic E-state index is -3.62. The van der Waals surface area contributed by atoms with Crippen LogP contribution in [0, 0.1) is 12.8 Å². The zero-order chi connectivity index (χ0) is 21.7. The second-order valence-electron chi connectivity index (χ2n) is 7.99. The van der Waals surface area contributed by atoms with E-state index in [-0.39, 0.29) is 28.8 Å². The molecule has 1 amide bonds. The van der Waals surface area contributed by atoms with Crippen molar-refractivity contribution < 1.29 is 17.9 Å². The lowest BCUT2D eigenvalue weighted by Crippen LogP contribution is -2.41. The van der Waals surface area contributed by atoms with Gasteiger partial charge in [0, 0.05) is 18.0 Å². The van der Waals surface area contributed by atoms with Crippen molar-refractivity contribution in [2.24, 2.45) is 5.92 Å². The monoisotopic (exact) mass is 430 g/mol. The lowest BCUT2D eigenvalue weighted by atomic mass is 9.85. The lowest BCUT2D eigenvalue weighted by molar-refractivity contribution is -0.126. The highest BCUT2D eigenvalue weighted by Gasteiger charge is 2.29. The number of sulfonamides is 1. The normalized spacial score (nSPS) is 20.4. The van der Waals surface area contributed by atoms with Crippen molar-refractivity contribution in [1.82, 2.24) is 10.0 Å². The first-order chi connectivity index (χ1) is 14.3. The van der Waals surface area contributed by atoms with Crippen LogP contribution < -0.4 is 14.8 Å². The van der Waals surface area contributed by atoms with Crippen molar-refractivity contribution in [3.63, 3.8) is 0 Å². The maximum absolute atomic E-state index is 12.7. The Bertz CT molecular complexity index is 965. The molecule has 0 aliphatic heterocycles. The second-order valence-corrected chi connectivity index (χ2v) is 9.70. The fourth-order valence-electron chi connectivity index (χ4n) is 3.80. The Morgan fingerprint density at radius 2 is 1.73 bits per heavy atom. The van der Waals surface area contributed by atoms with Crippen LogP contribution >= 0.6 is 0 Å². The van der Waals surface area contributed by atoms with Crippen LogP contribution in [0.1, 0.15) is 49.8 Å². The molecule has 2 aromatic rings. The molecule has 0 heterocycles. The van der Waals surface area contributed by atoms with Crippen molar-refractivity contribution in [3.8, 4) is 5.75 Å². The molecule has 0 aromatic heterocycles. The number of nitrogens with one attached hydrogen (secondary N) is 2. The van der Waals surface area contributed by atoms with Gasteiger partial charge >= 0.3 is 0 Å². The third-order valence-corrected chi connectivity index (χ3v) is 7.23. The van der Waals surface area contributed by atoms with Crippen LogP contribution in [0.25, 0.3) is 0 Å². The summed E-state index contributed by atoms with van der Waals surface area (Å²) < 4.78 is 33.2. The maximum atomic E-state index is 12.7. The fraction of sp³-hybridized carbons (Fsp3) is 0.435. The van der Waals surface area contributed by atoms with Crippen LogP contribution in [-0.4, -0.2) is 27.5 Å². The molecule has 6 nitrogen and oxygen atoms in total. The summed E-state index contributed by atoms with van der Waals surface area (Å²) in [5.74, 6) is 0.452. The largest absolute Gasteiger partial charge is 0.497 e. The number of carbonyl (C=O) groups excluding carboxylic acids is 1. The zero-order valence-corrected chi connectivity index (χ0v) is 18.5. The van der Waals surface area contributed by atoms with Gasteiger partial charge in [-0.05, 0) is 57.2 Å². The Morgan fingerprint density at radius 1 is 1.07 bits per heavy atom. The van der Waals surface area contributed by atoms with Gasteiger partial charge in [-0.3, -0.25) is 4.79 Å². The van der Waals surface area contributed by atoms with E-state index in [1.54, 1.807) is 18.2 Å². The number of methoxy groups -OCH3 is 1. The Labute approximate surface area is 179 Å². The molecule has 1 aliphatic rings. The second kappa shape index (κ2) is 9.62. The van der Waals surface area contributed by atoms with Gasteiger partial charge in [-0.15, -0.1) is 0 Å². The first kappa shape index (κ1) is 22.3. The number of hydrogen-bond acceptors (Lipinski definition) is 4. The van der Waals surface area contributed by atoms with Crippen molar-refractivity contribution in [2.75, 3.05) is 7.11 Å². The fourth-order valence-corrected chi connectivity index (χ4v) is 5.14. The molecule has 1 saturated carbocycles. The van der Waals surface area contributed by atoms with E-state index < -0.39 is 10.0 Å². The molecular formula is C23H30N2O4S. The summed E-state index contributed by atoms with van der Waals surface area (Å²) in [6.45, 7) is 4.02. The van der Waals surface area contributed by atoms with Gasteiger partial charge in [-0.1, -0.05) is 35.9 Å². The van der Waals surface area contributed by atoms with E-state index in [0.717, 1.165) is 5.56 Å². The summed E-state index contributed by atoms with van der Waals surface area (Å²) in [7, 11) is -2.11. The molecule has 2 aromatic carbocycles. The van der Waals surface area contributed by atoms with E-state index in [1.807, 2.05) is 38.1 Å². The summed E-state index contributed by atoms with van der Waals surface area (Å²) >= 11 is 0. The number of hydrogen-bond donors (Lipinski definition) is 2. The number of ether oxygens (including phenoxy) is 1. The highest BCUT2D eigenvalue weighted by Crippen LogP contribution is 2.27. The topological polar surface area (TPSA) is 84.5 Å². The summed E-state index contributed by atoms with van der Waals surface area (Å²) in [5.41, 5.74) is 2.26. The summed E-state index contributed by atoms with van der Waals surface area (Å²) in [6, 6.07) is 14.3. The third-order valence-electron chi connectivity index (χ3n) is 5.71. The molecule has 1 fully saturated rings. The van der Waals surface area contributed by atoms with Crippen molar-refractivity contribution in [3.05, 3.63) is 59.7 Å². The van der Waals surface area contributed by atoms with Gasteiger partial charge in [0.25, 0.3) is 0 Å². The van der Waals surface area contributed by atoms with Gasteiger partial charge in [0.2, 0.25) is 15.9 Å². The van der Waals surface area contributed by atoms with Gasteiger partial charge in [0.05, 0.1) is 18.0 Å². The quantitative estimate of drug-likeness (QED) is 0.701. The number of rotatable bonds is 7. The van der Waals surface area contributed by atoms with Crippen LogP contribution in [-0.2, 0) is 14.8 Å². The summed E-state index contributed by atoms with van der Waals surface area (Å²) in [4.78, 5) is 12.9. The minimum absolute atomic E-state index is 0.0391. The molecule has 3 rings (SSSR count). The number of benzene rings is 2. The van der Waals surface area contributed by atoms with Crippen molar-refractivity contribution in [1.29, 1.82) is 0 Å². The van der Waals surface area contributed by atoms with E-state index in [0.29, 0.717) is 31.4 Å². The van der Waals surface area contributed by atoms with Crippen LogP contribution in [0.5, 0.6) is 5.75 Å². The smallest absolute Gasteiger partial charge is 0.240 e. The van der Waals surface area contributed by atoms with Crippen molar-refractivity contribution in [2.45, 2.75) is 56.5 Å². The van der Waals surface area contributed by atoms with Gasteiger partial charge in [0.15, 0.2) is 0 Å². The Hall–Kier alpha value is -2.38. The summed E-state index contributed by atoms with van der Waals surface area (Å²) in [6.07, 6.45) is 2.61. The first-order valence-corrected chi connectivity index (χ1v) is 11.8. The number of amides is 1. The van der Waals surface area contributed by atoms with Crippen molar-refractivity contribution >= 4 is 15.9 Å². The van der Waals surface area contributed by atoms with Gasteiger partial charge in [-0.25, -0.2) is 13.1 Å². The third kappa shape index (κ3) is 5.61. The predicted octanol–water partition coefficient (Wildman–Crippen LogP) is 3.72. The van der Waals surface area contributed by atoms with Gasteiger partial charge in [-0.2, -0.15) is 0 Å². The van der Waals surface area contributed by atoms with E-state index in [2.05, 4.69) is 10.0 Å². The van der Waals surface area contributed by atoms with E-state index >= 15 is 0 Å². The molecule has 0 radical (unpaired) electrons. The van der Waals surface area contributed by atoms with Crippen LogP contribution in [0.15, 0.2) is 53.4 Å². The first-order valence-electron chi connectivity index (χ1n) is 10.3. The molecule has 0 saturated heterocycles. The standard InChI is InChI=1S/C23H30N2O4S/c1-16-7-9-18(10-8-16)17(2)24-23(26)19-11-13-20(14-12-19)25-30(27,28)22-6-4-5-21(15-22)29-3/h4-10,15,17,19-20,25H,11-14H2,1-3H3,(H,24,26)/t17-,19?,20?/m1/s1. The highest BCUT2D eigenvalue weighted by molar-refractivity contribution is 7.89. The zero-order valence-electron chi connectivity index (χ0n) is 17.7. The lowest BCUT2D eigenvalue weighted by Gasteiger charge is -2.29. The van der Waals surface area contributed by atoms with E-state index in [1.165, 1.54) is 18.7 Å². The Kier molecular flexibility index (Phi) is 7.15. The van der Waals surface area contributed by atoms with E-state index in [4.69, 9.17) is 4.74 Å². The van der Waals surface area contributed by atoms with Crippen LogP contribution in [0.3, 0.4) is 0 Å². The molecule has 30 heavy (non-hydrogen) atoms. The molecule has 0 bridgehead atoms. The number of carbonyl (C=O) groups is 1. The van der Waals surface area contributed by atoms with E-state index in [9.17, 15) is 13.2 Å². The average molecular weight is 431 g/mol. The average Bonchev–Trinajstić information content (AvgIpc) is 2.74. The molecule has 1 atom stereocenters. The molecule has 0 unspecified atom stereocenters. The molecular weight excluding hydrogens is 400 g/mol. The molecule has 1 aliphatic carbocycles. The summed E-state index contributed by atoms with van der Waals surface area (Å²) in [5, 5.41) is 3.10. The molecule has 2 N–H and O–H groups in total. The van der Waals surface area contributed by atoms with Crippen LogP contribution in [0.2, 0.25) is 0 Å². The van der Waals surface area contributed by atoms with Gasteiger partial charge in [0.1, 0.15) is 5.75 Å². The molecule has 162 valence electrons. The van der Waals surface area contributed by atoms with Crippen LogP contribution in [0.4, 0.5) is 0 Å². The van der Waals surface area contributed by atoms with Gasteiger partial charge < -0.3 is 10.1 Å². The minimum Gasteiger partial charge on any atom is -0.497 e. The Balaban J connectivity index is 1.52. The Morgan fingerprint density at radius 3 is 2.37 bits per heavy atom. The molecule has 7 heteroatoms.